The fraction of sp³-hybridized carbons (Fsp3) is 0.118. The van der Waals surface area contributed by atoms with Gasteiger partial charge < -0.3 is 0 Å². The predicted molar refractivity (Wildman–Crippen MR) is 82.5 cm³/mol. The number of aryl methyl sites for hydroxylation is 1. The average Bonchev–Trinajstić information content (AvgIpc) is 2.51. The van der Waals surface area contributed by atoms with Crippen molar-refractivity contribution in [1.82, 2.24) is 14.5 Å². The molecule has 0 unspecified atom stereocenters. The van der Waals surface area contributed by atoms with E-state index in [1.165, 1.54) is 11.6 Å². The number of aromatic nitrogens is 3. The summed E-state index contributed by atoms with van der Waals surface area (Å²) < 4.78 is 1.59. The first kappa shape index (κ1) is 13.2. The van der Waals surface area contributed by atoms with Gasteiger partial charge >= 0.3 is 0 Å². The second-order valence-electron chi connectivity index (χ2n) is 4.91. The van der Waals surface area contributed by atoms with Crippen LogP contribution < -0.4 is 5.56 Å². The quantitative estimate of drug-likeness (QED) is 0.723. The molecule has 4 heteroatoms. The first-order valence-corrected chi connectivity index (χ1v) is 6.73. The van der Waals surface area contributed by atoms with Gasteiger partial charge in [0.15, 0.2) is 0 Å². The van der Waals surface area contributed by atoms with Crippen LogP contribution in [0.4, 0.5) is 0 Å². The van der Waals surface area contributed by atoms with Crippen molar-refractivity contribution in [3.05, 3.63) is 76.5 Å². The summed E-state index contributed by atoms with van der Waals surface area (Å²) in [5.74, 6) is 0. The predicted octanol–water partition coefficient (Wildman–Crippen LogP) is 2.91. The summed E-state index contributed by atoms with van der Waals surface area (Å²) in [6.45, 7) is 4.08. The van der Waals surface area contributed by atoms with Gasteiger partial charge in [-0.3, -0.25) is 19.3 Å². The minimum atomic E-state index is -0.0661. The van der Waals surface area contributed by atoms with Gasteiger partial charge in [0.25, 0.3) is 5.56 Å². The highest BCUT2D eigenvalue weighted by atomic mass is 16.1. The normalized spacial score (nSPS) is 10.6. The molecule has 0 spiro atoms. The molecule has 3 heterocycles. The van der Waals surface area contributed by atoms with Crippen molar-refractivity contribution in [2.75, 3.05) is 0 Å². The van der Waals surface area contributed by atoms with Gasteiger partial charge in [0.1, 0.15) is 0 Å². The van der Waals surface area contributed by atoms with Gasteiger partial charge in [0, 0.05) is 24.7 Å². The SMILES string of the molecule is Cc1ccnc(-c2cc(-n3ccccc3=O)ccn2)c1C. The second kappa shape index (κ2) is 5.32. The lowest BCUT2D eigenvalue weighted by molar-refractivity contribution is 0.984. The molecule has 3 aromatic rings. The maximum absolute atomic E-state index is 11.9. The Bertz CT molecular complexity index is 852. The van der Waals surface area contributed by atoms with Gasteiger partial charge in [0.2, 0.25) is 0 Å². The van der Waals surface area contributed by atoms with Crippen LogP contribution in [0.2, 0.25) is 0 Å². The van der Waals surface area contributed by atoms with Crippen LogP contribution in [0.15, 0.2) is 59.8 Å². The third-order valence-electron chi connectivity index (χ3n) is 3.56. The van der Waals surface area contributed by atoms with Gasteiger partial charge in [-0.2, -0.15) is 0 Å². The molecule has 3 aromatic heterocycles. The van der Waals surface area contributed by atoms with Gasteiger partial charge in [0.05, 0.1) is 17.1 Å². The minimum absolute atomic E-state index is 0.0661. The van der Waals surface area contributed by atoms with Crippen molar-refractivity contribution in [2.24, 2.45) is 0 Å². The second-order valence-corrected chi connectivity index (χ2v) is 4.91. The van der Waals surface area contributed by atoms with Crippen LogP contribution in [0.3, 0.4) is 0 Å². The molecule has 0 aliphatic carbocycles. The van der Waals surface area contributed by atoms with Gasteiger partial charge in [-0.15, -0.1) is 0 Å². The summed E-state index contributed by atoms with van der Waals surface area (Å²) in [7, 11) is 0. The lowest BCUT2D eigenvalue weighted by atomic mass is 10.1. The Balaban J connectivity index is 2.15. The summed E-state index contributed by atoms with van der Waals surface area (Å²) >= 11 is 0. The van der Waals surface area contributed by atoms with Crippen LogP contribution in [-0.2, 0) is 0 Å². The number of hydrogen-bond donors (Lipinski definition) is 0. The molecule has 4 nitrogen and oxygen atoms in total. The molecule has 0 amide bonds. The highest BCUT2D eigenvalue weighted by molar-refractivity contribution is 5.62. The molecule has 0 atom stereocenters. The Morgan fingerprint density at radius 1 is 1.00 bits per heavy atom. The molecule has 104 valence electrons. The maximum Gasteiger partial charge on any atom is 0.255 e. The van der Waals surface area contributed by atoms with E-state index in [4.69, 9.17) is 0 Å². The number of nitrogens with zero attached hydrogens (tertiary/aromatic N) is 3. The number of rotatable bonds is 2. The van der Waals surface area contributed by atoms with Gasteiger partial charge in [-0.1, -0.05) is 6.07 Å². The van der Waals surface area contributed by atoms with Crippen molar-refractivity contribution in [3.8, 4) is 17.1 Å². The summed E-state index contributed by atoms with van der Waals surface area (Å²) in [6.07, 6.45) is 5.23. The Morgan fingerprint density at radius 3 is 2.62 bits per heavy atom. The van der Waals surface area contributed by atoms with E-state index in [2.05, 4.69) is 9.97 Å². The minimum Gasteiger partial charge on any atom is -0.284 e. The summed E-state index contributed by atoms with van der Waals surface area (Å²) in [4.78, 5) is 20.7. The monoisotopic (exact) mass is 277 g/mol. The lowest BCUT2D eigenvalue weighted by Crippen LogP contribution is -2.15. The molecule has 0 fully saturated rings. The number of hydrogen-bond acceptors (Lipinski definition) is 3. The first-order chi connectivity index (χ1) is 10.2. The van der Waals surface area contributed by atoms with Crippen LogP contribution in [0.25, 0.3) is 17.1 Å². The molecule has 0 saturated heterocycles. The summed E-state index contributed by atoms with van der Waals surface area (Å²) in [6, 6.07) is 10.8. The fourth-order valence-corrected chi connectivity index (χ4v) is 2.23. The van der Waals surface area contributed by atoms with E-state index < -0.39 is 0 Å². The zero-order valence-electron chi connectivity index (χ0n) is 11.9. The van der Waals surface area contributed by atoms with Crippen LogP contribution in [-0.4, -0.2) is 14.5 Å². The van der Waals surface area contributed by atoms with Crippen LogP contribution in [0, 0.1) is 13.8 Å². The smallest absolute Gasteiger partial charge is 0.255 e. The fourth-order valence-electron chi connectivity index (χ4n) is 2.23. The van der Waals surface area contributed by atoms with E-state index in [0.717, 1.165) is 22.6 Å². The van der Waals surface area contributed by atoms with Gasteiger partial charge in [-0.05, 0) is 49.2 Å². The molecule has 0 aliphatic heterocycles. The average molecular weight is 277 g/mol. The number of pyridine rings is 3. The summed E-state index contributed by atoms with van der Waals surface area (Å²) in [5, 5.41) is 0. The molecular weight excluding hydrogens is 262 g/mol. The highest BCUT2D eigenvalue weighted by Gasteiger charge is 2.08. The molecule has 0 saturated carbocycles. The van der Waals surface area contributed by atoms with Crippen LogP contribution in [0.1, 0.15) is 11.1 Å². The van der Waals surface area contributed by atoms with Crippen LogP contribution >= 0.6 is 0 Å². The van der Waals surface area contributed by atoms with E-state index in [1.54, 1.807) is 29.2 Å². The molecule has 0 radical (unpaired) electrons. The van der Waals surface area contributed by atoms with E-state index in [1.807, 2.05) is 38.1 Å². The topological polar surface area (TPSA) is 47.8 Å². The zero-order valence-corrected chi connectivity index (χ0v) is 11.9. The van der Waals surface area contributed by atoms with E-state index >= 15 is 0 Å². The van der Waals surface area contributed by atoms with Crippen molar-refractivity contribution < 1.29 is 0 Å². The van der Waals surface area contributed by atoms with Crippen molar-refractivity contribution in [3.63, 3.8) is 0 Å². The standard InChI is InChI=1S/C17H15N3O/c1-12-6-8-19-17(13(12)2)15-11-14(7-9-18-15)20-10-4-3-5-16(20)21/h3-11H,1-2H3. The molecule has 21 heavy (non-hydrogen) atoms. The molecule has 0 aromatic carbocycles. The van der Waals surface area contributed by atoms with E-state index in [-0.39, 0.29) is 5.56 Å². The van der Waals surface area contributed by atoms with E-state index in [9.17, 15) is 4.79 Å². The van der Waals surface area contributed by atoms with Gasteiger partial charge in [-0.25, -0.2) is 0 Å². The van der Waals surface area contributed by atoms with Crippen molar-refractivity contribution in [1.29, 1.82) is 0 Å². The molecule has 3 rings (SSSR count). The molecule has 0 aliphatic rings. The third kappa shape index (κ3) is 2.48. The maximum atomic E-state index is 11.9. The lowest BCUT2D eigenvalue weighted by Gasteiger charge is -2.09. The van der Waals surface area contributed by atoms with E-state index in [0.29, 0.717) is 0 Å². The first-order valence-electron chi connectivity index (χ1n) is 6.73. The Morgan fingerprint density at radius 2 is 1.81 bits per heavy atom. The molecule has 0 bridgehead atoms. The summed E-state index contributed by atoms with van der Waals surface area (Å²) in [5.41, 5.74) is 4.61. The zero-order chi connectivity index (χ0) is 14.8. The Hall–Kier alpha value is -2.75. The molecule has 0 N–H and O–H groups in total. The van der Waals surface area contributed by atoms with Crippen LogP contribution in [0.5, 0.6) is 0 Å². The van der Waals surface area contributed by atoms with Crippen molar-refractivity contribution >= 4 is 0 Å². The largest absolute Gasteiger partial charge is 0.284 e. The highest BCUT2D eigenvalue weighted by Crippen LogP contribution is 2.22. The Labute approximate surface area is 122 Å². The molecular formula is C17H15N3O. The Kier molecular flexibility index (Phi) is 3.36. The third-order valence-corrected chi connectivity index (χ3v) is 3.56. The van der Waals surface area contributed by atoms with Crippen molar-refractivity contribution in [2.45, 2.75) is 13.8 Å².